The van der Waals surface area contributed by atoms with E-state index in [4.69, 9.17) is 4.74 Å². The Bertz CT molecular complexity index is 688. The quantitative estimate of drug-likeness (QED) is 0.858. The van der Waals surface area contributed by atoms with E-state index in [1.165, 1.54) is 6.07 Å². The molecular formula is C18H21FN2O2. The molecule has 1 atom stereocenters. The number of benzene rings is 2. The molecule has 0 saturated heterocycles. The first-order valence-corrected chi connectivity index (χ1v) is 7.43. The van der Waals surface area contributed by atoms with Crippen LogP contribution in [0.2, 0.25) is 0 Å². The molecule has 2 aromatic carbocycles. The van der Waals surface area contributed by atoms with Crippen molar-refractivity contribution >= 4 is 11.6 Å². The second-order valence-corrected chi connectivity index (χ2v) is 5.35. The number of carbonyl (C=O) groups is 1. The fourth-order valence-corrected chi connectivity index (χ4v) is 2.28. The number of nitrogens with one attached hydrogen (secondary N) is 2. The highest BCUT2D eigenvalue weighted by atomic mass is 19.1. The van der Waals surface area contributed by atoms with Gasteiger partial charge in [-0.15, -0.1) is 0 Å². The van der Waals surface area contributed by atoms with Crippen LogP contribution in [0, 0.1) is 12.7 Å². The molecule has 0 bridgehead atoms. The van der Waals surface area contributed by atoms with Crippen LogP contribution in [-0.4, -0.2) is 19.6 Å². The lowest BCUT2D eigenvalue weighted by Gasteiger charge is -2.17. The second kappa shape index (κ2) is 7.63. The summed E-state index contributed by atoms with van der Waals surface area (Å²) in [5, 5.41) is 5.81. The minimum absolute atomic E-state index is 0.0714. The SMILES string of the molecule is COc1ccccc1C(C)NC(=O)CNc1ccc(C)c(F)c1. The number of hydrogen-bond donors (Lipinski definition) is 2. The zero-order valence-corrected chi connectivity index (χ0v) is 13.5. The molecule has 2 N–H and O–H groups in total. The lowest BCUT2D eigenvalue weighted by Crippen LogP contribution is -2.32. The van der Waals surface area contributed by atoms with Crippen LogP contribution < -0.4 is 15.4 Å². The van der Waals surface area contributed by atoms with Gasteiger partial charge in [-0.3, -0.25) is 4.79 Å². The van der Waals surface area contributed by atoms with E-state index in [2.05, 4.69) is 10.6 Å². The van der Waals surface area contributed by atoms with Crippen LogP contribution in [0.15, 0.2) is 42.5 Å². The van der Waals surface area contributed by atoms with Gasteiger partial charge in [-0.25, -0.2) is 4.39 Å². The number of methoxy groups -OCH3 is 1. The van der Waals surface area contributed by atoms with Crippen LogP contribution in [0.4, 0.5) is 10.1 Å². The summed E-state index contributed by atoms with van der Waals surface area (Å²) in [6.07, 6.45) is 0. The number of para-hydroxylation sites is 1. The molecule has 1 unspecified atom stereocenters. The molecule has 4 nitrogen and oxygen atoms in total. The normalized spacial score (nSPS) is 11.7. The summed E-state index contributed by atoms with van der Waals surface area (Å²) in [4.78, 5) is 12.0. The van der Waals surface area contributed by atoms with E-state index in [0.717, 1.165) is 11.3 Å². The van der Waals surface area contributed by atoms with Gasteiger partial charge >= 0.3 is 0 Å². The number of anilines is 1. The molecular weight excluding hydrogens is 295 g/mol. The molecule has 5 heteroatoms. The summed E-state index contributed by atoms with van der Waals surface area (Å²) in [6.45, 7) is 3.66. The standard InChI is InChI=1S/C18H21FN2O2/c1-12-8-9-14(10-16(12)19)20-11-18(22)21-13(2)15-6-4-5-7-17(15)23-3/h4-10,13,20H,11H2,1-3H3,(H,21,22). The fraction of sp³-hybridized carbons (Fsp3) is 0.278. The summed E-state index contributed by atoms with van der Waals surface area (Å²) in [6, 6.07) is 12.2. The van der Waals surface area contributed by atoms with Crippen molar-refractivity contribution in [2.45, 2.75) is 19.9 Å². The number of ether oxygens (including phenoxy) is 1. The Hall–Kier alpha value is -2.56. The summed E-state index contributed by atoms with van der Waals surface area (Å²) < 4.78 is 18.8. The van der Waals surface area contributed by atoms with Gasteiger partial charge in [0.1, 0.15) is 11.6 Å². The molecule has 0 saturated carbocycles. The summed E-state index contributed by atoms with van der Waals surface area (Å²) in [7, 11) is 1.60. The fourth-order valence-electron chi connectivity index (χ4n) is 2.28. The van der Waals surface area contributed by atoms with Crippen molar-refractivity contribution < 1.29 is 13.9 Å². The third-order valence-corrected chi connectivity index (χ3v) is 3.61. The van der Waals surface area contributed by atoms with E-state index in [1.54, 1.807) is 26.2 Å². The molecule has 0 aromatic heterocycles. The van der Waals surface area contributed by atoms with Gasteiger partial charge in [0.2, 0.25) is 5.91 Å². The van der Waals surface area contributed by atoms with Gasteiger partial charge in [0.15, 0.2) is 0 Å². The van der Waals surface area contributed by atoms with Gasteiger partial charge in [0, 0.05) is 11.3 Å². The van der Waals surface area contributed by atoms with Gasteiger partial charge < -0.3 is 15.4 Å². The van der Waals surface area contributed by atoms with Crippen molar-refractivity contribution in [3.8, 4) is 5.75 Å². The number of aryl methyl sites for hydroxylation is 1. The highest BCUT2D eigenvalue weighted by molar-refractivity contribution is 5.81. The van der Waals surface area contributed by atoms with Crippen molar-refractivity contribution in [2.75, 3.05) is 19.0 Å². The first kappa shape index (κ1) is 16.8. The predicted octanol–water partition coefficient (Wildman–Crippen LogP) is 3.43. The molecule has 122 valence electrons. The molecule has 0 aliphatic rings. The topological polar surface area (TPSA) is 50.4 Å². The monoisotopic (exact) mass is 316 g/mol. The van der Waals surface area contributed by atoms with Gasteiger partial charge in [0.05, 0.1) is 19.7 Å². The Morgan fingerprint density at radius 2 is 2.00 bits per heavy atom. The Labute approximate surface area is 135 Å². The van der Waals surface area contributed by atoms with Crippen molar-refractivity contribution in [1.29, 1.82) is 0 Å². The Balaban J connectivity index is 1.92. The van der Waals surface area contributed by atoms with Crippen LogP contribution in [0.3, 0.4) is 0 Å². The zero-order chi connectivity index (χ0) is 16.8. The van der Waals surface area contributed by atoms with E-state index in [-0.39, 0.29) is 24.3 Å². The van der Waals surface area contributed by atoms with Crippen LogP contribution in [0.25, 0.3) is 0 Å². The largest absolute Gasteiger partial charge is 0.496 e. The number of carbonyl (C=O) groups excluding carboxylic acids is 1. The molecule has 0 aliphatic heterocycles. The zero-order valence-electron chi connectivity index (χ0n) is 13.5. The molecule has 0 fully saturated rings. The Morgan fingerprint density at radius 1 is 1.26 bits per heavy atom. The van der Waals surface area contributed by atoms with E-state index < -0.39 is 0 Å². The number of halogens is 1. The summed E-state index contributed by atoms with van der Waals surface area (Å²) in [5.41, 5.74) is 2.06. The van der Waals surface area contributed by atoms with Crippen molar-refractivity contribution in [3.05, 3.63) is 59.4 Å². The lowest BCUT2D eigenvalue weighted by atomic mass is 10.1. The third kappa shape index (κ3) is 4.45. The molecule has 2 aromatic rings. The van der Waals surface area contributed by atoms with Crippen LogP contribution in [-0.2, 0) is 4.79 Å². The van der Waals surface area contributed by atoms with E-state index in [9.17, 15) is 9.18 Å². The van der Waals surface area contributed by atoms with Crippen molar-refractivity contribution in [1.82, 2.24) is 5.32 Å². The van der Waals surface area contributed by atoms with Crippen LogP contribution in [0.5, 0.6) is 5.75 Å². The Kier molecular flexibility index (Phi) is 5.57. The van der Waals surface area contributed by atoms with E-state index in [0.29, 0.717) is 11.3 Å². The molecule has 2 rings (SSSR count). The lowest BCUT2D eigenvalue weighted by molar-refractivity contribution is -0.120. The molecule has 0 radical (unpaired) electrons. The first-order chi connectivity index (χ1) is 11.0. The van der Waals surface area contributed by atoms with Gasteiger partial charge in [-0.2, -0.15) is 0 Å². The maximum atomic E-state index is 13.5. The summed E-state index contributed by atoms with van der Waals surface area (Å²) in [5.74, 6) is 0.260. The molecule has 0 spiro atoms. The molecule has 0 heterocycles. The van der Waals surface area contributed by atoms with Crippen molar-refractivity contribution in [2.24, 2.45) is 0 Å². The minimum Gasteiger partial charge on any atom is -0.496 e. The molecule has 23 heavy (non-hydrogen) atoms. The number of rotatable bonds is 6. The molecule has 0 aliphatic carbocycles. The number of hydrogen-bond acceptors (Lipinski definition) is 3. The minimum atomic E-state index is -0.294. The first-order valence-electron chi connectivity index (χ1n) is 7.43. The second-order valence-electron chi connectivity index (χ2n) is 5.35. The maximum absolute atomic E-state index is 13.5. The van der Waals surface area contributed by atoms with Crippen LogP contribution in [0.1, 0.15) is 24.1 Å². The van der Waals surface area contributed by atoms with Crippen LogP contribution >= 0.6 is 0 Å². The van der Waals surface area contributed by atoms with Gasteiger partial charge in [-0.05, 0) is 37.6 Å². The molecule has 1 amide bonds. The average molecular weight is 316 g/mol. The van der Waals surface area contributed by atoms with Crippen molar-refractivity contribution in [3.63, 3.8) is 0 Å². The number of amides is 1. The Morgan fingerprint density at radius 3 is 2.70 bits per heavy atom. The third-order valence-electron chi connectivity index (χ3n) is 3.61. The smallest absolute Gasteiger partial charge is 0.239 e. The average Bonchev–Trinajstić information content (AvgIpc) is 2.55. The highest BCUT2D eigenvalue weighted by Crippen LogP contribution is 2.24. The predicted molar refractivity (Wildman–Crippen MR) is 89.2 cm³/mol. The van der Waals surface area contributed by atoms with Gasteiger partial charge in [-0.1, -0.05) is 24.3 Å². The van der Waals surface area contributed by atoms with E-state index >= 15 is 0 Å². The highest BCUT2D eigenvalue weighted by Gasteiger charge is 2.13. The van der Waals surface area contributed by atoms with E-state index in [1.807, 2.05) is 31.2 Å². The van der Waals surface area contributed by atoms with Gasteiger partial charge in [0.25, 0.3) is 0 Å². The summed E-state index contributed by atoms with van der Waals surface area (Å²) >= 11 is 0. The maximum Gasteiger partial charge on any atom is 0.239 e.